The molecule has 1 atom stereocenters. The van der Waals surface area contributed by atoms with Crippen LogP contribution in [0.1, 0.15) is 18.6 Å². The van der Waals surface area contributed by atoms with E-state index in [1.165, 1.54) is 13.0 Å². The van der Waals surface area contributed by atoms with Crippen molar-refractivity contribution in [3.05, 3.63) is 59.7 Å². The maximum Gasteiger partial charge on any atom is 0.221 e. The van der Waals surface area contributed by atoms with E-state index >= 15 is 0 Å². The number of hydrogen-bond acceptors (Lipinski definition) is 3. The molecule has 0 heterocycles. The van der Waals surface area contributed by atoms with Gasteiger partial charge in [0.25, 0.3) is 0 Å². The number of hydrogen-bond donors (Lipinski definition) is 2. The highest BCUT2D eigenvalue weighted by atomic mass is 19.2. The molecule has 0 spiro atoms. The van der Waals surface area contributed by atoms with Crippen molar-refractivity contribution in [3.63, 3.8) is 0 Å². The number of carbonyl (C=O) groups excluding carboxylic acids is 1. The van der Waals surface area contributed by atoms with Crippen LogP contribution in [-0.2, 0) is 4.79 Å². The van der Waals surface area contributed by atoms with Gasteiger partial charge in [-0.05, 0) is 29.8 Å². The van der Waals surface area contributed by atoms with Gasteiger partial charge >= 0.3 is 0 Å². The maximum atomic E-state index is 13.1. The van der Waals surface area contributed by atoms with E-state index in [9.17, 15) is 18.7 Å². The quantitative estimate of drug-likeness (QED) is 0.892. The lowest BCUT2D eigenvalue weighted by atomic mass is 10.1. The van der Waals surface area contributed by atoms with Gasteiger partial charge in [0.2, 0.25) is 5.91 Å². The Bertz CT molecular complexity index is 676. The summed E-state index contributed by atoms with van der Waals surface area (Å²) in [5.74, 6) is -1.89. The summed E-state index contributed by atoms with van der Waals surface area (Å²) in [6.07, 6.45) is -1.12. The summed E-state index contributed by atoms with van der Waals surface area (Å²) in [6.45, 7) is 1.20. The van der Waals surface area contributed by atoms with E-state index in [1.807, 2.05) is 0 Å². The highest BCUT2D eigenvalue weighted by molar-refractivity contribution is 5.90. The van der Waals surface area contributed by atoms with Gasteiger partial charge in [-0.2, -0.15) is 0 Å². The molecule has 1 amide bonds. The van der Waals surface area contributed by atoms with Crippen LogP contribution >= 0.6 is 0 Å². The van der Waals surface area contributed by atoms with Crippen LogP contribution < -0.4 is 10.1 Å². The standard InChI is InChI=1S/C16H15F2NO3/c1-10(20)19-14-4-2-3-5-16(14)22-9-15(21)11-6-7-12(17)13(18)8-11/h2-8,15,21H,9H2,1H3,(H,19,20). The average molecular weight is 307 g/mol. The van der Waals surface area contributed by atoms with Crippen molar-refractivity contribution < 1.29 is 23.4 Å². The SMILES string of the molecule is CC(=O)Nc1ccccc1OCC(O)c1ccc(F)c(F)c1. The monoisotopic (exact) mass is 307 g/mol. The number of rotatable bonds is 5. The molecular formula is C16H15F2NO3. The van der Waals surface area contributed by atoms with Gasteiger partial charge in [-0.3, -0.25) is 4.79 Å². The van der Waals surface area contributed by atoms with Gasteiger partial charge in [-0.15, -0.1) is 0 Å². The van der Waals surface area contributed by atoms with E-state index in [4.69, 9.17) is 4.74 Å². The third-order valence-corrected chi connectivity index (χ3v) is 2.92. The molecule has 0 saturated heterocycles. The first-order valence-corrected chi connectivity index (χ1v) is 6.60. The highest BCUT2D eigenvalue weighted by Crippen LogP contribution is 2.25. The van der Waals surface area contributed by atoms with Crippen molar-refractivity contribution in [2.45, 2.75) is 13.0 Å². The van der Waals surface area contributed by atoms with Crippen molar-refractivity contribution in [1.29, 1.82) is 0 Å². The van der Waals surface area contributed by atoms with Crippen LogP contribution in [0.15, 0.2) is 42.5 Å². The minimum atomic E-state index is -1.12. The van der Waals surface area contributed by atoms with Crippen molar-refractivity contribution >= 4 is 11.6 Å². The van der Waals surface area contributed by atoms with Crippen LogP contribution in [0.25, 0.3) is 0 Å². The second-order valence-corrected chi connectivity index (χ2v) is 4.68. The van der Waals surface area contributed by atoms with Crippen LogP contribution in [-0.4, -0.2) is 17.6 Å². The smallest absolute Gasteiger partial charge is 0.221 e. The predicted octanol–water partition coefficient (Wildman–Crippen LogP) is 3.04. The van der Waals surface area contributed by atoms with E-state index in [0.29, 0.717) is 11.4 Å². The number of halogens is 2. The molecule has 2 rings (SSSR count). The van der Waals surface area contributed by atoms with Crippen LogP contribution in [0, 0.1) is 11.6 Å². The van der Waals surface area contributed by atoms with Gasteiger partial charge in [0, 0.05) is 6.92 Å². The van der Waals surface area contributed by atoms with Gasteiger partial charge < -0.3 is 15.2 Å². The molecule has 22 heavy (non-hydrogen) atoms. The molecule has 116 valence electrons. The van der Waals surface area contributed by atoms with E-state index < -0.39 is 17.7 Å². The van der Waals surface area contributed by atoms with Gasteiger partial charge in [0.1, 0.15) is 18.5 Å². The molecule has 2 aromatic rings. The molecule has 0 bridgehead atoms. The van der Waals surface area contributed by atoms with Crippen molar-refractivity contribution in [3.8, 4) is 5.75 Å². The number of amides is 1. The van der Waals surface area contributed by atoms with E-state index in [-0.39, 0.29) is 18.1 Å². The summed E-state index contributed by atoms with van der Waals surface area (Å²) in [7, 11) is 0. The number of carbonyl (C=O) groups is 1. The molecule has 4 nitrogen and oxygen atoms in total. The lowest BCUT2D eigenvalue weighted by Gasteiger charge is -2.15. The van der Waals surface area contributed by atoms with Gasteiger partial charge in [0.05, 0.1) is 5.69 Å². The Hall–Kier alpha value is -2.47. The van der Waals surface area contributed by atoms with Crippen LogP contribution in [0.5, 0.6) is 5.75 Å². The Morgan fingerprint density at radius 1 is 1.23 bits per heavy atom. The fourth-order valence-electron chi connectivity index (χ4n) is 1.87. The van der Waals surface area contributed by atoms with Crippen LogP contribution in [0.3, 0.4) is 0 Å². The summed E-state index contributed by atoms with van der Waals surface area (Å²) in [6, 6.07) is 9.87. The second-order valence-electron chi connectivity index (χ2n) is 4.68. The minimum Gasteiger partial charge on any atom is -0.488 e. The molecule has 0 saturated carbocycles. The number of benzene rings is 2. The summed E-state index contributed by atoms with van der Waals surface area (Å²) < 4.78 is 31.4. The molecule has 0 fully saturated rings. The molecule has 0 aromatic heterocycles. The van der Waals surface area contributed by atoms with E-state index in [2.05, 4.69) is 5.32 Å². The number of ether oxygens (including phenoxy) is 1. The highest BCUT2D eigenvalue weighted by Gasteiger charge is 2.13. The number of aliphatic hydroxyl groups is 1. The van der Waals surface area contributed by atoms with Gasteiger partial charge in [0.15, 0.2) is 11.6 Å². The number of para-hydroxylation sites is 2. The second kappa shape index (κ2) is 7.00. The summed E-state index contributed by atoms with van der Waals surface area (Å²) >= 11 is 0. The molecular weight excluding hydrogens is 292 g/mol. The first kappa shape index (κ1) is 15.9. The largest absolute Gasteiger partial charge is 0.488 e. The average Bonchev–Trinajstić information content (AvgIpc) is 2.48. The van der Waals surface area contributed by atoms with E-state index in [1.54, 1.807) is 24.3 Å². The maximum absolute atomic E-state index is 13.1. The summed E-state index contributed by atoms with van der Waals surface area (Å²) in [5, 5.41) is 12.6. The third-order valence-electron chi connectivity index (χ3n) is 2.92. The molecule has 0 radical (unpaired) electrons. The van der Waals surface area contributed by atoms with Crippen molar-refractivity contribution in [2.75, 3.05) is 11.9 Å². The number of aliphatic hydroxyl groups excluding tert-OH is 1. The van der Waals surface area contributed by atoms with Crippen molar-refractivity contribution in [2.24, 2.45) is 0 Å². The van der Waals surface area contributed by atoms with Crippen molar-refractivity contribution in [1.82, 2.24) is 0 Å². The first-order valence-electron chi connectivity index (χ1n) is 6.60. The zero-order valence-electron chi connectivity index (χ0n) is 11.8. The Labute approximate surface area is 126 Å². The Balaban J connectivity index is 2.06. The molecule has 2 aromatic carbocycles. The fourth-order valence-corrected chi connectivity index (χ4v) is 1.87. The predicted molar refractivity (Wildman–Crippen MR) is 77.6 cm³/mol. The molecule has 2 N–H and O–H groups in total. The topological polar surface area (TPSA) is 58.6 Å². The lowest BCUT2D eigenvalue weighted by Crippen LogP contribution is -2.12. The molecule has 0 aliphatic carbocycles. The number of anilines is 1. The van der Waals surface area contributed by atoms with Gasteiger partial charge in [-0.1, -0.05) is 18.2 Å². The fraction of sp³-hybridized carbons (Fsp3) is 0.188. The molecule has 0 aliphatic heterocycles. The normalized spacial score (nSPS) is 11.8. The van der Waals surface area contributed by atoms with Gasteiger partial charge in [-0.25, -0.2) is 8.78 Å². The Kier molecular flexibility index (Phi) is 5.06. The van der Waals surface area contributed by atoms with Crippen LogP contribution in [0.4, 0.5) is 14.5 Å². The summed E-state index contributed by atoms with van der Waals surface area (Å²) in [4.78, 5) is 11.1. The zero-order chi connectivity index (χ0) is 16.1. The molecule has 6 heteroatoms. The third kappa shape index (κ3) is 4.02. The first-order chi connectivity index (χ1) is 10.5. The summed E-state index contributed by atoms with van der Waals surface area (Å²) in [5.41, 5.74) is 0.670. The zero-order valence-corrected chi connectivity index (χ0v) is 11.8. The lowest BCUT2D eigenvalue weighted by molar-refractivity contribution is -0.114. The minimum absolute atomic E-state index is 0.165. The number of nitrogens with one attached hydrogen (secondary N) is 1. The molecule has 1 unspecified atom stereocenters. The Morgan fingerprint density at radius 3 is 2.64 bits per heavy atom. The Morgan fingerprint density at radius 2 is 1.95 bits per heavy atom. The molecule has 0 aliphatic rings. The van der Waals surface area contributed by atoms with E-state index in [0.717, 1.165) is 12.1 Å². The van der Waals surface area contributed by atoms with Crippen LogP contribution in [0.2, 0.25) is 0 Å².